The third-order valence-electron chi connectivity index (χ3n) is 3.86. The monoisotopic (exact) mass is 380 g/mol. The first-order valence-electron chi connectivity index (χ1n) is 7.43. The molecule has 1 fully saturated rings. The molecule has 122 valence electrons. The number of rotatable bonds is 3. The summed E-state index contributed by atoms with van der Waals surface area (Å²) in [5.74, 6) is 0.203. The average Bonchev–Trinajstić information content (AvgIpc) is 2.55. The second-order valence-corrected chi connectivity index (χ2v) is 6.36. The predicted octanol–water partition coefficient (Wildman–Crippen LogP) is 3.58. The van der Waals surface area contributed by atoms with Gasteiger partial charge in [-0.25, -0.2) is 9.37 Å². The summed E-state index contributed by atoms with van der Waals surface area (Å²) in [4.78, 5) is 10.4. The second-order valence-electron chi connectivity index (χ2n) is 5.51. The number of halogens is 2. The van der Waals surface area contributed by atoms with E-state index in [0.29, 0.717) is 32.3 Å². The Morgan fingerprint density at radius 3 is 2.65 bits per heavy atom. The first kappa shape index (κ1) is 16.1. The maximum absolute atomic E-state index is 14.1. The number of hydrogen-bond donors (Lipinski definition) is 1. The van der Waals surface area contributed by atoms with Crippen LogP contribution in [0.5, 0.6) is 0 Å². The van der Waals surface area contributed by atoms with Crippen molar-refractivity contribution >= 4 is 33.4 Å². The Morgan fingerprint density at radius 1 is 1.22 bits per heavy atom. The Balaban J connectivity index is 1.89. The van der Waals surface area contributed by atoms with Gasteiger partial charge in [-0.05, 0) is 53.0 Å². The number of morpholine rings is 1. The van der Waals surface area contributed by atoms with Gasteiger partial charge in [0.15, 0.2) is 11.6 Å². The molecule has 0 amide bonds. The quantitative estimate of drug-likeness (QED) is 0.881. The lowest BCUT2D eigenvalue weighted by Gasteiger charge is -2.27. The molecule has 1 aromatic heterocycles. The second kappa shape index (κ2) is 6.80. The zero-order chi connectivity index (χ0) is 16.4. The molecule has 2 heterocycles. The first-order valence-corrected chi connectivity index (χ1v) is 8.23. The number of hydrogen-bond acceptors (Lipinski definition) is 5. The molecule has 0 atom stereocenters. The third-order valence-corrected chi connectivity index (χ3v) is 4.52. The molecule has 1 saturated heterocycles. The number of nitrogens with one attached hydrogen (secondary N) is 1. The van der Waals surface area contributed by atoms with Crippen LogP contribution in [0.1, 0.15) is 11.1 Å². The molecule has 0 aliphatic carbocycles. The van der Waals surface area contributed by atoms with E-state index in [1.807, 2.05) is 30.9 Å². The zero-order valence-corrected chi connectivity index (χ0v) is 14.7. The Morgan fingerprint density at radius 2 is 1.91 bits per heavy atom. The third kappa shape index (κ3) is 3.61. The Labute approximate surface area is 143 Å². The van der Waals surface area contributed by atoms with Gasteiger partial charge < -0.3 is 15.0 Å². The van der Waals surface area contributed by atoms with Crippen molar-refractivity contribution in [2.75, 3.05) is 36.5 Å². The molecular weight excluding hydrogens is 363 g/mol. The number of aryl methyl sites for hydroxylation is 2. The molecule has 7 heteroatoms. The van der Waals surface area contributed by atoms with Crippen LogP contribution in [0, 0.1) is 19.7 Å². The van der Waals surface area contributed by atoms with Gasteiger partial charge in [0.25, 0.3) is 0 Å². The van der Waals surface area contributed by atoms with Crippen LogP contribution in [-0.2, 0) is 4.74 Å². The summed E-state index contributed by atoms with van der Waals surface area (Å²) in [5, 5.41) is 3.06. The highest BCUT2D eigenvalue weighted by molar-refractivity contribution is 9.10. The van der Waals surface area contributed by atoms with Crippen LogP contribution in [0.2, 0.25) is 0 Å². The Hall–Kier alpha value is -1.73. The van der Waals surface area contributed by atoms with Crippen molar-refractivity contribution in [2.24, 2.45) is 0 Å². The summed E-state index contributed by atoms with van der Waals surface area (Å²) in [6.07, 6.45) is 1.20. The van der Waals surface area contributed by atoms with Gasteiger partial charge >= 0.3 is 0 Å². The average molecular weight is 381 g/mol. The van der Waals surface area contributed by atoms with Gasteiger partial charge in [0, 0.05) is 17.6 Å². The number of anilines is 3. The molecule has 2 aromatic rings. The summed E-state index contributed by atoms with van der Waals surface area (Å²) in [6, 6.07) is 3.97. The SMILES string of the molecule is Cc1cc(Br)c(Nc2nc(N3CCOCC3)ncc2F)cc1C. The maximum Gasteiger partial charge on any atom is 0.227 e. The molecule has 0 spiro atoms. The van der Waals surface area contributed by atoms with Gasteiger partial charge in [0.2, 0.25) is 5.95 Å². The molecule has 1 aromatic carbocycles. The fourth-order valence-electron chi connectivity index (χ4n) is 2.37. The van der Waals surface area contributed by atoms with Gasteiger partial charge in [-0.3, -0.25) is 0 Å². The fourth-order valence-corrected chi connectivity index (χ4v) is 2.92. The van der Waals surface area contributed by atoms with Crippen molar-refractivity contribution in [1.82, 2.24) is 9.97 Å². The minimum atomic E-state index is -0.480. The Kier molecular flexibility index (Phi) is 4.77. The van der Waals surface area contributed by atoms with E-state index in [2.05, 4.69) is 31.2 Å². The number of aromatic nitrogens is 2. The highest BCUT2D eigenvalue weighted by Gasteiger charge is 2.16. The summed E-state index contributed by atoms with van der Waals surface area (Å²) in [5.41, 5.74) is 3.07. The van der Waals surface area contributed by atoms with Crippen molar-refractivity contribution in [1.29, 1.82) is 0 Å². The summed E-state index contributed by atoms with van der Waals surface area (Å²) in [7, 11) is 0. The lowest BCUT2D eigenvalue weighted by atomic mass is 10.1. The van der Waals surface area contributed by atoms with Crippen LogP contribution >= 0.6 is 15.9 Å². The van der Waals surface area contributed by atoms with Crippen LogP contribution < -0.4 is 10.2 Å². The molecular formula is C16H18BrFN4O. The van der Waals surface area contributed by atoms with Gasteiger partial charge in [0.1, 0.15) is 0 Å². The number of nitrogens with zero attached hydrogens (tertiary/aromatic N) is 3. The molecule has 0 radical (unpaired) electrons. The minimum absolute atomic E-state index is 0.172. The molecule has 0 bridgehead atoms. The summed E-state index contributed by atoms with van der Waals surface area (Å²) >= 11 is 3.50. The highest BCUT2D eigenvalue weighted by atomic mass is 79.9. The molecule has 1 N–H and O–H groups in total. The van der Waals surface area contributed by atoms with Crippen LogP contribution in [0.15, 0.2) is 22.8 Å². The van der Waals surface area contributed by atoms with Gasteiger partial charge in [-0.2, -0.15) is 4.98 Å². The zero-order valence-electron chi connectivity index (χ0n) is 13.1. The molecule has 23 heavy (non-hydrogen) atoms. The van der Waals surface area contributed by atoms with Crippen LogP contribution in [0.4, 0.5) is 21.8 Å². The van der Waals surface area contributed by atoms with E-state index in [1.165, 1.54) is 11.8 Å². The van der Waals surface area contributed by atoms with Crippen molar-refractivity contribution in [2.45, 2.75) is 13.8 Å². The van der Waals surface area contributed by atoms with E-state index in [1.54, 1.807) is 0 Å². The number of ether oxygens (including phenoxy) is 1. The predicted molar refractivity (Wildman–Crippen MR) is 91.9 cm³/mol. The Bertz CT molecular complexity index is 719. The highest BCUT2D eigenvalue weighted by Crippen LogP contribution is 2.29. The summed E-state index contributed by atoms with van der Waals surface area (Å²) < 4.78 is 20.3. The van der Waals surface area contributed by atoms with Crippen LogP contribution in [0.25, 0.3) is 0 Å². The topological polar surface area (TPSA) is 50.3 Å². The maximum atomic E-state index is 14.1. The van der Waals surface area contributed by atoms with Crippen molar-refractivity contribution in [3.63, 3.8) is 0 Å². The van der Waals surface area contributed by atoms with E-state index >= 15 is 0 Å². The van der Waals surface area contributed by atoms with Gasteiger partial charge in [0.05, 0.1) is 25.1 Å². The lowest BCUT2D eigenvalue weighted by molar-refractivity contribution is 0.122. The van der Waals surface area contributed by atoms with Crippen molar-refractivity contribution in [3.05, 3.63) is 39.7 Å². The van der Waals surface area contributed by atoms with Crippen molar-refractivity contribution in [3.8, 4) is 0 Å². The van der Waals surface area contributed by atoms with E-state index < -0.39 is 5.82 Å². The fraction of sp³-hybridized carbons (Fsp3) is 0.375. The van der Waals surface area contributed by atoms with E-state index in [0.717, 1.165) is 15.7 Å². The summed E-state index contributed by atoms with van der Waals surface area (Å²) in [6.45, 7) is 6.73. The van der Waals surface area contributed by atoms with Gasteiger partial charge in [-0.15, -0.1) is 0 Å². The molecule has 3 rings (SSSR count). The normalized spacial score (nSPS) is 14.9. The largest absolute Gasteiger partial charge is 0.378 e. The number of benzene rings is 1. The van der Waals surface area contributed by atoms with E-state index in [-0.39, 0.29) is 5.82 Å². The molecule has 1 aliphatic heterocycles. The van der Waals surface area contributed by atoms with E-state index in [9.17, 15) is 4.39 Å². The molecule has 5 nitrogen and oxygen atoms in total. The molecule has 0 unspecified atom stereocenters. The minimum Gasteiger partial charge on any atom is -0.378 e. The van der Waals surface area contributed by atoms with Crippen molar-refractivity contribution < 1.29 is 9.13 Å². The smallest absolute Gasteiger partial charge is 0.227 e. The first-order chi connectivity index (χ1) is 11.0. The standard InChI is InChI=1S/C16H18BrFN4O/c1-10-7-12(17)14(8-11(10)2)20-15-13(18)9-19-16(21-15)22-3-5-23-6-4-22/h7-9H,3-6H2,1-2H3,(H,19,20,21). The molecule has 1 aliphatic rings. The molecule has 0 saturated carbocycles. The lowest BCUT2D eigenvalue weighted by Crippen LogP contribution is -2.37. The van der Waals surface area contributed by atoms with Gasteiger partial charge in [-0.1, -0.05) is 0 Å². The van der Waals surface area contributed by atoms with Crippen LogP contribution in [0.3, 0.4) is 0 Å². The van der Waals surface area contributed by atoms with E-state index in [4.69, 9.17) is 4.74 Å². The van der Waals surface area contributed by atoms with Crippen LogP contribution in [-0.4, -0.2) is 36.3 Å².